The van der Waals surface area contributed by atoms with Crippen LogP contribution in [0.3, 0.4) is 0 Å². The molecule has 0 heterocycles. The van der Waals surface area contributed by atoms with E-state index in [1.165, 1.54) is 25.7 Å². The Labute approximate surface area is 113 Å². The van der Waals surface area contributed by atoms with Crippen LogP contribution in [0.15, 0.2) is 0 Å². The van der Waals surface area contributed by atoms with Crippen LogP contribution in [0.2, 0.25) is 0 Å². The summed E-state index contributed by atoms with van der Waals surface area (Å²) in [7, 11) is 0. The van der Waals surface area contributed by atoms with E-state index in [1.54, 1.807) is 0 Å². The maximum absolute atomic E-state index is 3.79. The highest BCUT2D eigenvalue weighted by Gasteiger charge is 2.42. The molecule has 2 aliphatic rings. The van der Waals surface area contributed by atoms with Crippen molar-refractivity contribution >= 4 is 0 Å². The molecular formula is C16H32N2. The molecule has 0 bridgehead atoms. The number of fused-ring (bicyclic) bond motifs is 1. The number of hydrogen-bond acceptors (Lipinski definition) is 2. The first-order chi connectivity index (χ1) is 8.12. The largest absolute Gasteiger partial charge is 0.309 e. The van der Waals surface area contributed by atoms with Crippen molar-refractivity contribution in [2.45, 2.75) is 90.4 Å². The Kier molecular flexibility index (Phi) is 3.81. The van der Waals surface area contributed by atoms with Gasteiger partial charge >= 0.3 is 0 Å². The minimum Gasteiger partial charge on any atom is -0.309 e. The Morgan fingerprint density at radius 3 is 1.11 bits per heavy atom. The van der Waals surface area contributed by atoms with Gasteiger partial charge in [-0.3, -0.25) is 0 Å². The fourth-order valence-corrected chi connectivity index (χ4v) is 4.08. The Hall–Kier alpha value is -0.0800. The zero-order chi connectivity index (χ0) is 13.6. The molecule has 2 rings (SSSR count). The first kappa shape index (κ1) is 14.3. The van der Waals surface area contributed by atoms with Crippen LogP contribution >= 0.6 is 0 Å². The molecule has 0 saturated heterocycles. The van der Waals surface area contributed by atoms with Crippen LogP contribution in [-0.2, 0) is 0 Å². The van der Waals surface area contributed by atoms with Crippen molar-refractivity contribution in [1.29, 1.82) is 0 Å². The van der Waals surface area contributed by atoms with Gasteiger partial charge in [0.15, 0.2) is 0 Å². The maximum Gasteiger partial charge on any atom is 0.00991 e. The normalized spacial score (nSPS) is 37.0. The number of nitrogens with one attached hydrogen (secondary N) is 2. The number of rotatable bonds is 2. The van der Waals surface area contributed by atoms with Crippen molar-refractivity contribution in [2.75, 3.05) is 0 Å². The zero-order valence-corrected chi connectivity index (χ0v) is 13.1. The van der Waals surface area contributed by atoms with Crippen molar-refractivity contribution in [3.05, 3.63) is 0 Å². The van der Waals surface area contributed by atoms with E-state index in [2.05, 4.69) is 52.2 Å². The van der Waals surface area contributed by atoms with Crippen molar-refractivity contribution in [3.63, 3.8) is 0 Å². The molecule has 2 nitrogen and oxygen atoms in total. The molecule has 106 valence electrons. The second-order valence-electron chi connectivity index (χ2n) is 8.65. The van der Waals surface area contributed by atoms with Gasteiger partial charge in [-0.25, -0.2) is 0 Å². The molecule has 0 radical (unpaired) electrons. The summed E-state index contributed by atoms with van der Waals surface area (Å²) in [5.41, 5.74) is 0.540. The van der Waals surface area contributed by atoms with Crippen LogP contribution in [0.1, 0.15) is 67.2 Å². The topological polar surface area (TPSA) is 24.1 Å². The smallest absolute Gasteiger partial charge is 0.00991 e. The average molecular weight is 252 g/mol. The van der Waals surface area contributed by atoms with E-state index < -0.39 is 0 Å². The van der Waals surface area contributed by atoms with Crippen molar-refractivity contribution < 1.29 is 0 Å². The third-order valence-corrected chi connectivity index (χ3v) is 4.29. The van der Waals surface area contributed by atoms with Crippen molar-refractivity contribution in [2.24, 2.45) is 11.8 Å². The predicted octanol–water partition coefficient (Wildman–Crippen LogP) is 3.32. The summed E-state index contributed by atoms with van der Waals surface area (Å²) in [4.78, 5) is 0. The van der Waals surface area contributed by atoms with E-state index in [0.717, 1.165) is 23.9 Å². The molecule has 0 aromatic carbocycles. The molecule has 0 aromatic rings. The fraction of sp³-hybridized carbons (Fsp3) is 1.00. The minimum atomic E-state index is 0.270. The first-order valence-corrected chi connectivity index (χ1v) is 7.68. The molecule has 0 amide bonds. The summed E-state index contributed by atoms with van der Waals surface area (Å²) in [6, 6.07) is 1.52. The first-order valence-electron chi connectivity index (χ1n) is 7.68. The molecule has 0 aliphatic heterocycles. The summed E-state index contributed by atoms with van der Waals surface area (Å²) in [6.45, 7) is 13.7. The van der Waals surface area contributed by atoms with Crippen LogP contribution in [0.25, 0.3) is 0 Å². The Morgan fingerprint density at radius 1 is 0.611 bits per heavy atom. The van der Waals surface area contributed by atoms with Gasteiger partial charge in [0.2, 0.25) is 0 Å². The maximum atomic E-state index is 3.79. The van der Waals surface area contributed by atoms with Gasteiger partial charge in [-0.2, -0.15) is 0 Å². The van der Waals surface area contributed by atoms with Gasteiger partial charge < -0.3 is 10.6 Å². The van der Waals surface area contributed by atoms with Gasteiger partial charge in [0.05, 0.1) is 0 Å². The lowest BCUT2D eigenvalue weighted by Crippen LogP contribution is -2.44. The summed E-state index contributed by atoms with van der Waals surface area (Å²) in [6.07, 6.45) is 5.57. The van der Waals surface area contributed by atoms with Gasteiger partial charge in [0.1, 0.15) is 0 Å². The van der Waals surface area contributed by atoms with Gasteiger partial charge in [0, 0.05) is 23.2 Å². The molecule has 0 spiro atoms. The second-order valence-corrected chi connectivity index (χ2v) is 8.65. The van der Waals surface area contributed by atoms with Gasteiger partial charge in [0.25, 0.3) is 0 Å². The highest BCUT2D eigenvalue weighted by atomic mass is 15.0. The SMILES string of the molecule is CC(C)(C)NC1CC2CC(NC(C)(C)C)CC2C1. The molecule has 2 saturated carbocycles. The third kappa shape index (κ3) is 3.96. The summed E-state index contributed by atoms with van der Waals surface area (Å²) >= 11 is 0. The zero-order valence-electron chi connectivity index (χ0n) is 13.1. The van der Waals surface area contributed by atoms with E-state index in [1.807, 2.05) is 0 Å². The second kappa shape index (κ2) is 4.79. The van der Waals surface area contributed by atoms with Crippen LogP contribution < -0.4 is 10.6 Å². The minimum absolute atomic E-state index is 0.270. The van der Waals surface area contributed by atoms with Crippen LogP contribution in [0.5, 0.6) is 0 Å². The molecule has 0 unspecified atom stereocenters. The molecular weight excluding hydrogens is 220 g/mol. The molecule has 0 aromatic heterocycles. The molecule has 2 aliphatic carbocycles. The van der Waals surface area contributed by atoms with Gasteiger partial charge in [-0.05, 0) is 79.1 Å². The lowest BCUT2D eigenvalue weighted by atomic mass is 10.0. The van der Waals surface area contributed by atoms with Crippen LogP contribution in [0.4, 0.5) is 0 Å². The van der Waals surface area contributed by atoms with Gasteiger partial charge in [-0.15, -0.1) is 0 Å². The third-order valence-electron chi connectivity index (χ3n) is 4.29. The lowest BCUT2D eigenvalue weighted by Gasteiger charge is -2.28. The van der Waals surface area contributed by atoms with E-state index in [0.29, 0.717) is 0 Å². The van der Waals surface area contributed by atoms with E-state index >= 15 is 0 Å². The molecule has 2 heteroatoms. The molecule has 2 fully saturated rings. The standard InChI is InChI=1S/C16H32N2/c1-15(2,3)17-13-7-11-9-14(10-12(11)8-13)18-16(4,5)6/h11-14,17-18H,7-10H2,1-6H3. The van der Waals surface area contributed by atoms with Crippen molar-refractivity contribution in [1.82, 2.24) is 10.6 Å². The quantitative estimate of drug-likeness (QED) is 0.788. The fourth-order valence-electron chi connectivity index (χ4n) is 4.08. The van der Waals surface area contributed by atoms with E-state index in [-0.39, 0.29) is 11.1 Å². The highest BCUT2D eigenvalue weighted by Crippen LogP contribution is 2.44. The summed E-state index contributed by atoms with van der Waals surface area (Å²) in [5.74, 6) is 1.93. The van der Waals surface area contributed by atoms with Crippen LogP contribution in [-0.4, -0.2) is 23.2 Å². The Morgan fingerprint density at radius 2 is 0.889 bits per heavy atom. The van der Waals surface area contributed by atoms with E-state index in [9.17, 15) is 0 Å². The summed E-state index contributed by atoms with van der Waals surface area (Å²) < 4.78 is 0. The number of hydrogen-bond donors (Lipinski definition) is 2. The predicted molar refractivity (Wildman–Crippen MR) is 78.8 cm³/mol. The Balaban J connectivity index is 1.81. The molecule has 0 atom stereocenters. The Bertz CT molecular complexity index is 242. The summed E-state index contributed by atoms with van der Waals surface area (Å²) in [5, 5.41) is 7.58. The lowest BCUT2D eigenvalue weighted by molar-refractivity contribution is 0.319. The van der Waals surface area contributed by atoms with Crippen LogP contribution in [0, 0.1) is 11.8 Å². The molecule has 18 heavy (non-hydrogen) atoms. The average Bonchev–Trinajstić information content (AvgIpc) is 2.53. The van der Waals surface area contributed by atoms with E-state index in [4.69, 9.17) is 0 Å². The van der Waals surface area contributed by atoms with Crippen molar-refractivity contribution in [3.8, 4) is 0 Å². The molecule has 2 N–H and O–H groups in total. The monoisotopic (exact) mass is 252 g/mol. The highest BCUT2D eigenvalue weighted by molar-refractivity contribution is 4.99. The van der Waals surface area contributed by atoms with Gasteiger partial charge in [-0.1, -0.05) is 0 Å².